The van der Waals surface area contributed by atoms with Crippen molar-refractivity contribution in [3.05, 3.63) is 82.4 Å². The molecule has 0 fully saturated rings. The molecule has 160 valence electrons. The van der Waals surface area contributed by atoms with Gasteiger partial charge in [0, 0.05) is 39.6 Å². The standard InChI is InChI=1S/C26H22N2O4/c1-3-14-27-23(29)16-10-12-18-22-19(13-11-17(21(16)22)24(27)30)26(32)28(25(18)31)20(4-2)15-8-6-5-7-9-15/h5-13,20H,3-4,14H2,1-2H3. The molecule has 1 atom stereocenters. The first-order valence-electron chi connectivity index (χ1n) is 10.9. The predicted octanol–water partition coefficient (Wildman–Crippen LogP) is 4.59. The van der Waals surface area contributed by atoms with Crippen molar-refractivity contribution in [3.8, 4) is 0 Å². The Morgan fingerprint density at radius 3 is 1.56 bits per heavy atom. The number of carbonyl (C=O) groups is 4. The molecule has 4 amide bonds. The minimum atomic E-state index is -0.407. The molecule has 1 unspecified atom stereocenters. The van der Waals surface area contributed by atoms with Crippen LogP contribution in [0.4, 0.5) is 0 Å². The van der Waals surface area contributed by atoms with Crippen LogP contribution in [0, 0.1) is 0 Å². The molecule has 2 aliphatic rings. The average Bonchev–Trinajstić information content (AvgIpc) is 2.82. The molecule has 6 nitrogen and oxygen atoms in total. The molecular formula is C26H22N2O4. The number of nitrogens with zero attached hydrogens (tertiary/aromatic N) is 2. The van der Waals surface area contributed by atoms with Crippen molar-refractivity contribution in [2.75, 3.05) is 6.54 Å². The van der Waals surface area contributed by atoms with Gasteiger partial charge in [0.2, 0.25) is 0 Å². The summed E-state index contributed by atoms with van der Waals surface area (Å²) in [6.07, 6.45) is 1.22. The van der Waals surface area contributed by atoms with E-state index in [0.717, 1.165) is 5.56 Å². The van der Waals surface area contributed by atoms with Crippen LogP contribution in [-0.4, -0.2) is 40.0 Å². The summed E-state index contributed by atoms with van der Waals surface area (Å²) in [6.45, 7) is 4.16. The monoisotopic (exact) mass is 426 g/mol. The quantitative estimate of drug-likeness (QED) is 0.559. The van der Waals surface area contributed by atoms with E-state index in [1.807, 2.05) is 44.2 Å². The van der Waals surface area contributed by atoms with Crippen molar-refractivity contribution in [1.29, 1.82) is 0 Å². The first-order chi connectivity index (χ1) is 15.5. The highest BCUT2D eigenvalue weighted by atomic mass is 16.2. The zero-order valence-corrected chi connectivity index (χ0v) is 17.9. The van der Waals surface area contributed by atoms with Gasteiger partial charge >= 0.3 is 0 Å². The second kappa shape index (κ2) is 7.41. The maximum absolute atomic E-state index is 13.6. The molecule has 6 heteroatoms. The molecule has 0 spiro atoms. The molecule has 0 aromatic heterocycles. The average molecular weight is 426 g/mol. The Morgan fingerprint density at radius 2 is 1.12 bits per heavy atom. The summed E-state index contributed by atoms with van der Waals surface area (Å²) in [6, 6.07) is 15.5. The Labute approximate surface area is 185 Å². The van der Waals surface area contributed by atoms with Crippen LogP contribution in [0.2, 0.25) is 0 Å². The van der Waals surface area contributed by atoms with E-state index in [1.54, 1.807) is 24.3 Å². The van der Waals surface area contributed by atoms with Gasteiger partial charge in [-0.2, -0.15) is 0 Å². The van der Waals surface area contributed by atoms with E-state index in [9.17, 15) is 19.2 Å². The van der Waals surface area contributed by atoms with Crippen molar-refractivity contribution < 1.29 is 19.2 Å². The molecule has 0 radical (unpaired) electrons. The van der Waals surface area contributed by atoms with Gasteiger partial charge in [-0.1, -0.05) is 44.2 Å². The zero-order chi connectivity index (χ0) is 22.6. The summed E-state index contributed by atoms with van der Waals surface area (Å²) < 4.78 is 0. The van der Waals surface area contributed by atoms with E-state index < -0.39 is 17.9 Å². The van der Waals surface area contributed by atoms with E-state index in [-0.39, 0.29) is 11.8 Å². The number of carbonyl (C=O) groups excluding carboxylic acids is 4. The molecule has 2 aliphatic heterocycles. The smallest absolute Gasteiger partial charge is 0.261 e. The lowest BCUT2D eigenvalue weighted by Crippen LogP contribution is -2.44. The zero-order valence-electron chi connectivity index (χ0n) is 17.9. The van der Waals surface area contributed by atoms with Gasteiger partial charge in [-0.05, 0) is 42.7 Å². The topological polar surface area (TPSA) is 74.8 Å². The van der Waals surface area contributed by atoms with Crippen LogP contribution < -0.4 is 0 Å². The first-order valence-corrected chi connectivity index (χ1v) is 10.9. The summed E-state index contributed by atoms with van der Waals surface area (Å²) in [5, 5.41) is 0.823. The fraction of sp³-hybridized carbons (Fsp3) is 0.231. The molecule has 0 aliphatic carbocycles. The Morgan fingerprint density at radius 1 is 0.656 bits per heavy atom. The van der Waals surface area contributed by atoms with Crippen LogP contribution in [0.15, 0.2) is 54.6 Å². The largest absolute Gasteiger partial charge is 0.274 e. The molecule has 3 aromatic carbocycles. The van der Waals surface area contributed by atoms with Gasteiger partial charge in [0.15, 0.2) is 0 Å². The van der Waals surface area contributed by atoms with E-state index in [2.05, 4.69) is 0 Å². The third-order valence-electron chi connectivity index (χ3n) is 6.34. The number of benzene rings is 3. The second-order valence-corrected chi connectivity index (χ2v) is 8.15. The Balaban J connectivity index is 1.71. The lowest BCUT2D eigenvalue weighted by molar-refractivity contribution is 0.0526. The Hall–Kier alpha value is -3.80. The highest BCUT2D eigenvalue weighted by Gasteiger charge is 2.41. The number of hydrogen-bond acceptors (Lipinski definition) is 4. The first kappa shape index (κ1) is 20.1. The van der Waals surface area contributed by atoms with Crippen LogP contribution in [0.25, 0.3) is 10.8 Å². The van der Waals surface area contributed by atoms with Crippen LogP contribution in [0.5, 0.6) is 0 Å². The Kier molecular flexibility index (Phi) is 4.66. The van der Waals surface area contributed by atoms with Crippen molar-refractivity contribution in [3.63, 3.8) is 0 Å². The van der Waals surface area contributed by atoms with Gasteiger partial charge in [-0.15, -0.1) is 0 Å². The summed E-state index contributed by atoms with van der Waals surface area (Å²) >= 11 is 0. The highest BCUT2D eigenvalue weighted by Crippen LogP contribution is 2.40. The minimum absolute atomic E-state index is 0.322. The molecule has 0 saturated heterocycles. The van der Waals surface area contributed by atoms with E-state index >= 15 is 0 Å². The highest BCUT2D eigenvalue weighted by molar-refractivity contribution is 6.33. The molecule has 0 bridgehead atoms. The fourth-order valence-corrected chi connectivity index (χ4v) is 4.90. The maximum Gasteiger partial charge on any atom is 0.261 e. The maximum atomic E-state index is 13.6. The summed E-state index contributed by atoms with van der Waals surface area (Å²) in [7, 11) is 0. The SMILES string of the molecule is CCCN1C(=O)c2ccc3c4c(ccc(c24)C1=O)C(=O)N(C(CC)c1ccccc1)C3=O. The van der Waals surface area contributed by atoms with Gasteiger partial charge in [0.05, 0.1) is 6.04 Å². The fourth-order valence-electron chi connectivity index (χ4n) is 4.90. The van der Waals surface area contributed by atoms with Gasteiger partial charge in [-0.3, -0.25) is 29.0 Å². The lowest BCUT2D eigenvalue weighted by atomic mass is 9.85. The van der Waals surface area contributed by atoms with Crippen molar-refractivity contribution in [2.45, 2.75) is 32.7 Å². The van der Waals surface area contributed by atoms with Gasteiger partial charge < -0.3 is 0 Å². The van der Waals surface area contributed by atoms with Gasteiger partial charge in [0.1, 0.15) is 0 Å². The van der Waals surface area contributed by atoms with Gasteiger partial charge in [0.25, 0.3) is 23.6 Å². The third kappa shape index (κ3) is 2.65. The lowest BCUT2D eigenvalue weighted by Gasteiger charge is -2.35. The van der Waals surface area contributed by atoms with Crippen LogP contribution in [0.3, 0.4) is 0 Å². The normalized spacial score (nSPS) is 16.2. The van der Waals surface area contributed by atoms with Crippen molar-refractivity contribution in [1.82, 2.24) is 9.80 Å². The molecular weight excluding hydrogens is 404 g/mol. The van der Waals surface area contributed by atoms with E-state index in [4.69, 9.17) is 0 Å². The molecule has 2 heterocycles. The molecule has 0 saturated carbocycles. The summed E-state index contributed by atoms with van der Waals surface area (Å²) in [4.78, 5) is 55.7. The number of hydrogen-bond donors (Lipinski definition) is 0. The number of imide groups is 2. The van der Waals surface area contributed by atoms with Crippen LogP contribution >= 0.6 is 0 Å². The van der Waals surface area contributed by atoms with Gasteiger partial charge in [-0.25, -0.2) is 0 Å². The second-order valence-electron chi connectivity index (χ2n) is 8.15. The van der Waals surface area contributed by atoms with Crippen LogP contribution in [0.1, 0.15) is 79.7 Å². The van der Waals surface area contributed by atoms with E-state index in [0.29, 0.717) is 52.4 Å². The number of rotatable bonds is 5. The van der Waals surface area contributed by atoms with Crippen LogP contribution in [-0.2, 0) is 0 Å². The predicted molar refractivity (Wildman–Crippen MR) is 120 cm³/mol. The molecule has 3 aromatic rings. The van der Waals surface area contributed by atoms with E-state index in [1.165, 1.54) is 9.80 Å². The summed E-state index contributed by atoms with van der Waals surface area (Å²) in [5.74, 6) is -1.58. The number of amides is 4. The molecule has 0 N–H and O–H groups in total. The van der Waals surface area contributed by atoms with Crippen molar-refractivity contribution >= 4 is 34.4 Å². The molecule has 32 heavy (non-hydrogen) atoms. The third-order valence-corrected chi connectivity index (χ3v) is 6.34. The molecule has 5 rings (SSSR count). The van der Waals surface area contributed by atoms with Crippen molar-refractivity contribution in [2.24, 2.45) is 0 Å². The summed E-state index contributed by atoms with van der Waals surface area (Å²) in [5.41, 5.74) is 2.29. The Bertz CT molecular complexity index is 1240. The minimum Gasteiger partial charge on any atom is -0.274 e.